The Bertz CT molecular complexity index is 325. The Labute approximate surface area is 104 Å². The van der Waals surface area contributed by atoms with E-state index in [2.05, 4.69) is 43.4 Å². The van der Waals surface area contributed by atoms with Gasteiger partial charge in [0.05, 0.1) is 0 Å². The first-order chi connectivity index (χ1) is 8.25. The van der Waals surface area contributed by atoms with Gasteiger partial charge in [0.25, 0.3) is 0 Å². The van der Waals surface area contributed by atoms with Crippen molar-refractivity contribution in [1.29, 1.82) is 0 Å². The van der Waals surface area contributed by atoms with Gasteiger partial charge >= 0.3 is 0 Å². The van der Waals surface area contributed by atoms with Crippen LogP contribution in [0.2, 0.25) is 0 Å². The second-order valence-corrected chi connectivity index (χ2v) is 5.18. The number of benzene rings is 1. The summed E-state index contributed by atoms with van der Waals surface area (Å²) in [6.45, 7) is 6.35. The number of hydrogen-bond acceptors (Lipinski definition) is 2. The molecule has 0 radical (unpaired) electrons. The molecular weight excluding hydrogens is 210 g/mol. The highest BCUT2D eigenvalue weighted by molar-refractivity contribution is 5.28. The quantitative estimate of drug-likeness (QED) is 0.861. The van der Waals surface area contributed by atoms with E-state index in [4.69, 9.17) is 4.74 Å². The molecule has 94 valence electrons. The monoisotopic (exact) mass is 233 g/mol. The average molecular weight is 233 g/mol. The summed E-state index contributed by atoms with van der Waals surface area (Å²) in [5.41, 5.74) is 1.37. The maximum absolute atomic E-state index is 5.82. The molecule has 1 N–H and O–H groups in total. The number of hydrogen-bond donors (Lipinski definition) is 1. The first-order valence-electron chi connectivity index (χ1n) is 6.72. The largest absolute Gasteiger partial charge is 0.492 e. The molecule has 2 nitrogen and oxygen atoms in total. The van der Waals surface area contributed by atoms with Crippen molar-refractivity contribution in [3.05, 3.63) is 29.8 Å². The van der Waals surface area contributed by atoms with E-state index < -0.39 is 0 Å². The lowest BCUT2D eigenvalue weighted by Crippen LogP contribution is -2.38. The lowest BCUT2D eigenvalue weighted by molar-refractivity contribution is 0.239. The van der Waals surface area contributed by atoms with Crippen molar-refractivity contribution >= 4 is 0 Å². The average Bonchev–Trinajstić information content (AvgIpc) is 2.38. The Morgan fingerprint density at radius 3 is 2.59 bits per heavy atom. The highest BCUT2D eigenvalue weighted by Crippen LogP contribution is 2.19. The summed E-state index contributed by atoms with van der Waals surface area (Å²) in [5.74, 6) is 1.57. The SMILES string of the molecule is CC(C)c1ccc(OCC2CCCCN2)cc1. The van der Waals surface area contributed by atoms with Gasteiger partial charge in [-0.2, -0.15) is 0 Å². The van der Waals surface area contributed by atoms with Gasteiger partial charge in [-0.05, 0) is 43.0 Å². The predicted molar refractivity (Wildman–Crippen MR) is 71.7 cm³/mol. The number of nitrogens with one attached hydrogen (secondary N) is 1. The Balaban J connectivity index is 1.82. The highest BCUT2D eigenvalue weighted by atomic mass is 16.5. The third-order valence-electron chi connectivity index (χ3n) is 3.41. The summed E-state index contributed by atoms with van der Waals surface area (Å²) < 4.78 is 5.82. The van der Waals surface area contributed by atoms with Crippen LogP contribution in [0.15, 0.2) is 24.3 Å². The fourth-order valence-electron chi connectivity index (χ4n) is 2.21. The summed E-state index contributed by atoms with van der Waals surface area (Å²) in [6.07, 6.45) is 3.87. The molecule has 1 aliphatic rings. The molecule has 0 amide bonds. The van der Waals surface area contributed by atoms with Gasteiger partial charge in [-0.25, -0.2) is 0 Å². The zero-order valence-corrected chi connectivity index (χ0v) is 10.9. The molecule has 1 aromatic carbocycles. The van der Waals surface area contributed by atoms with Crippen molar-refractivity contribution in [2.24, 2.45) is 0 Å². The van der Waals surface area contributed by atoms with Crippen LogP contribution in [0.1, 0.15) is 44.6 Å². The fraction of sp³-hybridized carbons (Fsp3) is 0.600. The van der Waals surface area contributed by atoms with E-state index >= 15 is 0 Å². The first-order valence-corrected chi connectivity index (χ1v) is 6.72. The molecule has 17 heavy (non-hydrogen) atoms. The minimum Gasteiger partial charge on any atom is -0.492 e. The van der Waals surface area contributed by atoms with Gasteiger partial charge in [0, 0.05) is 6.04 Å². The molecule has 1 aliphatic heterocycles. The van der Waals surface area contributed by atoms with E-state index in [1.807, 2.05) is 0 Å². The lowest BCUT2D eigenvalue weighted by atomic mass is 10.0. The van der Waals surface area contributed by atoms with Gasteiger partial charge < -0.3 is 10.1 Å². The standard InChI is InChI=1S/C15H23NO/c1-12(2)13-6-8-15(9-7-13)17-11-14-5-3-4-10-16-14/h6-9,12,14,16H,3-5,10-11H2,1-2H3. The van der Waals surface area contributed by atoms with Crippen LogP contribution in [0.5, 0.6) is 5.75 Å². The number of rotatable bonds is 4. The smallest absolute Gasteiger partial charge is 0.119 e. The molecule has 1 unspecified atom stereocenters. The number of ether oxygens (including phenoxy) is 1. The van der Waals surface area contributed by atoms with Gasteiger partial charge in [-0.15, -0.1) is 0 Å². The molecule has 1 atom stereocenters. The molecule has 0 bridgehead atoms. The second-order valence-electron chi connectivity index (χ2n) is 5.18. The molecule has 1 heterocycles. The Morgan fingerprint density at radius 1 is 1.24 bits per heavy atom. The van der Waals surface area contributed by atoms with E-state index in [1.165, 1.54) is 24.8 Å². The van der Waals surface area contributed by atoms with Crippen molar-refractivity contribution in [2.45, 2.75) is 45.1 Å². The molecule has 1 aromatic rings. The van der Waals surface area contributed by atoms with Gasteiger partial charge in [0.15, 0.2) is 0 Å². The van der Waals surface area contributed by atoms with Crippen molar-refractivity contribution in [2.75, 3.05) is 13.2 Å². The van der Waals surface area contributed by atoms with E-state index in [0.29, 0.717) is 12.0 Å². The van der Waals surface area contributed by atoms with E-state index in [-0.39, 0.29) is 0 Å². The van der Waals surface area contributed by atoms with Crippen molar-refractivity contribution in [1.82, 2.24) is 5.32 Å². The Hall–Kier alpha value is -1.02. The third-order valence-corrected chi connectivity index (χ3v) is 3.41. The molecule has 1 fully saturated rings. The third kappa shape index (κ3) is 3.74. The van der Waals surface area contributed by atoms with Gasteiger partial charge in [0.1, 0.15) is 12.4 Å². The summed E-state index contributed by atoms with van der Waals surface area (Å²) in [5, 5.41) is 3.49. The molecular formula is C15H23NO. The molecule has 1 saturated heterocycles. The number of piperidine rings is 1. The van der Waals surface area contributed by atoms with Crippen molar-refractivity contribution in [3.8, 4) is 5.75 Å². The van der Waals surface area contributed by atoms with Crippen LogP contribution < -0.4 is 10.1 Å². The molecule has 0 aliphatic carbocycles. The first kappa shape index (κ1) is 12.4. The van der Waals surface area contributed by atoms with Crippen LogP contribution >= 0.6 is 0 Å². The maximum atomic E-state index is 5.82. The van der Waals surface area contributed by atoms with E-state index in [0.717, 1.165) is 18.9 Å². The van der Waals surface area contributed by atoms with Crippen LogP contribution in [-0.4, -0.2) is 19.2 Å². The van der Waals surface area contributed by atoms with E-state index in [9.17, 15) is 0 Å². The zero-order chi connectivity index (χ0) is 12.1. The molecule has 0 aromatic heterocycles. The van der Waals surface area contributed by atoms with Crippen LogP contribution in [0.25, 0.3) is 0 Å². The summed E-state index contributed by atoms with van der Waals surface area (Å²) in [7, 11) is 0. The second kappa shape index (κ2) is 6.06. The van der Waals surface area contributed by atoms with Crippen molar-refractivity contribution in [3.63, 3.8) is 0 Å². The summed E-state index contributed by atoms with van der Waals surface area (Å²) >= 11 is 0. The van der Waals surface area contributed by atoms with Gasteiger partial charge in [-0.3, -0.25) is 0 Å². The van der Waals surface area contributed by atoms with Gasteiger partial charge in [0.2, 0.25) is 0 Å². The van der Waals surface area contributed by atoms with Gasteiger partial charge in [-0.1, -0.05) is 32.4 Å². The molecule has 2 rings (SSSR count). The Kier molecular flexibility index (Phi) is 4.43. The summed E-state index contributed by atoms with van der Waals surface area (Å²) in [4.78, 5) is 0. The molecule has 0 saturated carbocycles. The maximum Gasteiger partial charge on any atom is 0.119 e. The normalized spacial score (nSPS) is 20.5. The van der Waals surface area contributed by atoms with E-state index in [1.54, 1.807) is 0 Å². The molecule has 0 spiro atoms. The minimum atomic E-state index is 0.536. The minimum absolute atomic E-state index is 0.536. The predicted octanol–water partition coefficient (Wildman–Crippen LogP) is 3.33. The van der Waals surface area contributed by atoms with Crippen LogP contribution in [0, 0.1) is 0 Å². The van der Waals surface area contributed by atoms with Crippen LogP contribution in [0.3, 0.4) is 0 Å². The van der Waals surface area contributed by atoms with Crippen LogP contribution in [-0.2, 0) is 0 Å². The summed E-state index contributed by atoms with van der Waals surface area (Å²) in [6, 6.07) is 9.02. The topological polar surface area (TPSA) is 21.3 Å². The zero-order valence-electron chi connectivity index (χ0n) is 10.9. The lowest BCUT2D eigenvalue weighted by Gasteiger charge is -2.23. The molecule has 2 heteroatoms. The van der Waals surface area contributed by atoms with Crippen LogP contribution in [0.4, 0.5) is 0 Å². The Morgan fingerprint density at radius 2 is 2.00 bits per heavy atom. The fourth-order valence-corrected chi connectivity index (χ4v) is 2.21. The van der Waals surface area contributed by atoms with Crippen molar-refractivity contribution < 1.29 is 4.74 Å². The highest BCUT2D eigenvalue weighted by Gasteiger charge is 2.12.